The second-order valence-corrected chi connectivity index (χ2v) is 13.3. The first kappa shape index (κ1) is 32.0. The number of imide groups is 1. The molecule has 3 fully saturated rings. The molecule has 2 amide bonds. The highest BCUT2D eigenvalue weighted by Gasteiger charge is 2.41. The maximum absolute atomic E-state index is 13.1. The van der Waals surface area contributed by atoms with Crippen LogP contribution in [0.4, 0.5) is 0 Å². The van der Waals surface area contributed by atoms with Gasteiger partial charge in [-0.3, -0.25) is 14.5 Å². The summed E-state index contributed by atoms with van der Waals surface area (Å²) >= 11 is 0. The van der Waals surface area contributed by atoms with Crippen LogP contribution in [0.15, 0.2) is 97.1 Å². The van der Waals surface area contributed by atoms with Gasteiger partial charge in [0.25, 0.3) is 11.8 Å². The first-order valence-electron chi connectivity index (χ1n) is 17.1. The topological polar surface area (TPSA) is 97.8 Å². The van der Waals surface area contributed by atoms with Gasteiger partial charge in [0.15, 0.2) is 12.1 Å². The van der Waals surface area contributed by atoms with Gasteiger partial charge in [0, 0.05) is 44.5 Å². The van der Waals surface area contributed by atoms with Gasteiger partial charge >= 0.3 is 0 Å². The lowest BCUT2D eigenvalue weighted by Crippen LogP contribution is -2.48. The quantitative estimate of drug-likeness (QED) is 0.229. The molecule has 1 N–H and O–H groups in total. The molecule has 4 aliphatic rings. The van der Waals surface area contributed by atoms with Gasteiger partial charge in [0.1, 0.15) is 0 Å². The normalized spacial score (nSPS) is 23.7. The number of fused-ring (bicyclic) bond motifs is 1. The van der Waals surface area contributed by atoms with Crippen LogP contribution in [0.3, 0.4) is 0 Å². The van der Waals surface area contributed by atoms with E-state index in [1.165, 1.54) is 4.90 Å². The lowest BCUT2D eigenvalue weighted by Gasteiger charge is -2.41. The van der Waals surface area contributed by atoms with Crippen LogP contribution < -0.4 is 0 Å². The van der Waals surface area contributed by atoms with Crippen LogP contribution >= 0.6 is 0 Å². The third-order valence-corrected chi connectivity index (χ3v) is 10.2. The van der Waals surface area contributed by atoms with Crippen molar-refractivity contribution in [2.24, 2.45) is 0 Å². The summed E-state index contributed by atoms with van der Waals surface area (Å²) in [6.07, 6.45) is 1.62. The van der Waals surface area contributed by atoms with Crippen LogP contribution in [0.1, 0.15) is 74.6 Å². The minimum Gasteiger partial charge on any atom is -0.392 e. The van der Waals surface area contributed by atoms with Gasteiger partial charge in [-0.25, -0.2) is 0 Å². The zero-order chi connectivity index (χ0) is 33.4. The molecular weight excluding hydrogens is 620 g/mol. The molecule has 0 bridgehead atoms. The fourth-order valence-electron chi connectivity index (χ4n) is 7.50. The molecule has 3 unspecified atom stereocenters. The van der Waals surface area contributed by atoms with E-state index in [2.05, 4.69) is 4.90 Å². The number of benzene rings is 4. The molecule has 4 heterocycles. The maximum atomic E-state index is 13.1. The Kier molecular flexibility index (Phi) is 8.88. The zero-order valence-corrected chi connectivity index (χ0v) is 27.3. The third kappa shape index (κ3) is 6.46. The number of aliphatic hydroxyl groups is 1. The summed E-state index contributed by atoms with van der Waals surface area (Å²) in [5.41, 5.74) is 6.53. The maximum Gasteiger partial charge on any atom is 0.261 e. The Morgan fingerprint density at radius 1 is 0.714 bits per heavy atom. The fourth-order valence-corrected chi connectivity index (χ4v) is 7.50. The summed E-state index contributed by atoms with van der Waals surface area (Å²) in [7, 11) is 0. The third-order valence-electron chi connectivity index (χ3n) is 10.2. The number of carbonyl (C=O) groups excluding carboxylic acids is 2. The van der Waals surface area contributed by atoms with Crippen LogP contribution in [0.25, 0.3) is 11.1 Å². The second kappa shape index (κ2) is 13.6. The number of ether oxygens (including phenoxy) is 4. The van der Waals surface area contributed by atoms with Crippen molar-refractivity contribution in [3.63, 3.8) is 0 Å². The Balaban J connectivity index is 1.00. The highest BCUT2D eigenvalue weighted by molar-refractivity contribution is 6.21. The first-order chi connectivity index (χ1) is 24.0. The molecule has 0 aliphatic carbocycles. The summed E-state index contributed by atoms with van der Waals surface area (Å²) in [5, 5.41) is 9.58. The van der Waals surface area contributed by atoms with Gasteiger partial charge in [-0.2, -0.15) is 0 Å². The molecule has 4 aromatic carbocycles. The molecule has 0 saturated carbocycles. The average molecular weight is 661 g/mol. The molecule has 4 aliphatic heterocycles. The summed E-state index contributed by atoms with van der Waals surface area (Å²) in [6, 6.07) is 31.0. The molecule has 3 saturated heterocycles. The van der Waals surface area contributed by atoms with Crippen molar-refractivity contribution in [1.82, 2.24) is 9.80 Å². The van der Waals surface area contributed by atoms with E-state index in [1.54, 1.807) is 24.3 Å². The van der Waals surface area contributed by atoms with Crippen LogP contribution in [0, 0.1) is 0 Å². The number of carbonyl (C=O) groups is 2. The van der Waals surface area contributed by atoms with Crippen LogP contribution in [-0.2, 0) is 32.1 Å². The number of hydrogen-bond acceptors (Lipinski definition) is 8. The highest BCUT2D eigenvalue weighted by atomic mass is 16.7. The first-order valence-corrected chi connectivity index (χ1v) is 17.1. The van der Waals surface area contributed by atoms with Gasteiger partial charge in [-0.05, 0) is 39.9 Å². The van der Waals surface area contributed by atoms with E-state index in [1.807, 2.05) is 72.8 Å². The van der Waals surface area contributed by atoms with Crippen molar-refractivity contribution < 1.29 is 33.6 Å². The van der Waals surface area contributed by atoms with Crippen molar-refractivity contribution in [3.05, 3.63) is 130 Å². The molecule has 0 radical (unpaired) electrons. The standard InChI is InChI=1S/C40H40N2O7/c43-26-27-9-11-29(12-10-27)36-23-32(25-41-19-17-40(18-20-41)46-21-22-47-40)48-39(49-36)30-15-13-28(14-16-30)33-6-2-1-5-31(33)24-42-37(44)34-7-3-4-8-35(34)38(42)45/h1-16,32,36,39,43H,17-26H2. The number of hydrogen-bond donors (Lipinski definition) is 1. The Hall–Kier alpha value is -4.22. The zero-order valence-electron chi connectivity index (χ0n) is 27.3. The van der Waals surface area contributed by atoms with E-state index >= 15 is 0 Å². The molecule has 1 spiro atoms. The highest BCUT2D eigenvalue weighted by Crippen LogP contribution is 2.40. The van der Waals surface area contributed by atoms with Gasteiger partial charge in [0.05, 0.1) is 49.7 Å². The molecule has 3 atom stereocenters. The van der Waals surface area contributed by atoms with Crippen molar-refractivity contribution >= 4 is 11.8 Å². The van der Waals surface area contributed by atoms with Crippen molar-refractivity contribution in [3.8, 4) is 11.1 Å². The minimum absolute atomic E-state index is 0.00216. The van der Waals surface area contributed by atoms with Crippen LogP contribution in [-0.4, -0.2) is 71.5 Å². The lowest BCUT2D eigenvalue weighted by atomic mass is 9.97. The largest absolute Gasteiger partial charge is 0.392 e. The molecule has 9 nitrogen and oxygen atoms in total. The summed E-state index contributed by atoms with van der Waals surface area (Å²) in [5.74, 6) is -0.953. The number of aliphatic hydroxyl groups excluding tert-OH is 1. The Morgan fingerprint density at radius 2 is 1.33 bits per heavy atom. The van der Waals surface area contributed by atoms with E-state index in [-0.39, 0.29) is 37.2 Å². The molecule has 0 aromatic heterocycles. The molecular formula is C40H40N2O7. The van der Waals surface area contributed by atoms with Gasteiger partial charge in [-0.15, -0.1) is 0 Å². The van der Waals surface area contributed by atoms with Crippen LogP contribution in [0.2, 0.25) is 0 Å². The molecule has 9 heteroatoms. The van der Waals surface area contributed by atoms with E-state index in [0.717, 1.165) is 65.9 Å². The Labute approximate surface area is 286 Å². The van der Waals surface area contributed by atoms with E-state index in [9.17, 15) is 14.7 Å². The van der Waals surface area contributed by atoms with Crippen LogP contribution in [0.5, 0.6) is 0 Å². The van der Waals surface area contributed by atoms with Crippen molar-refractivity contribution in [2.75, 3.05) is 32.8 Å². The Bertz CT molecular complexity index is 1770. The van der Waals surface area contributed by atoms with E-state index in [0.29, 0.717) is 30.8 Å². The number of amides is 2. The molecule has 252 valence electrons. The van der Waals surface area contributed by atoms with Crippen molar-refractivity contribution in [1.29, 1.82) is 0 Å². The number of nitrogens with zero attached hydrogens (tertiary/aromatic N) is 2. The summed E-state index contributed by atoms with van der Waals surface area (Å²) in [4.78, 5) is 30.0. The predicted molar refractivity (Wildman–Crippen MR) is 181 cm³/mol. The van der Waals surface area contributed by atoms with Crippen molar-refractivity contribution in [2.45, 2.75) is 56.7 Å². The minimum atomic E-state index is -0.568. The molecule has 4 aromatic rings. The number of likely N-dealkylation sites (tertiary alicyclic amines) is 1. The average Bonchev–Trinajstić information content (AvgIpc) is 3.71. The predicted octanol–water partition coefficient (Wildman–Crippen LogP) is 6.03. The van der Waals surface area contributed by atoms with E-state index < -0.39 is 12.1 Å². The van der Waals surface area contributed by atoms with Gasteiger partial charge in [-0.1, -0.05) is 84.9 Å². The Morgan fingerprint density at radius 3 is 1.98 bits per heavy atom. The summed E-state index contributed by atoms with van der Waals surface area (Å²) in [6.45, 7) is 4.07. The smallest absolute Gasteiger partial charge is 0.261 e. The number of piperidine rings is 1. The number of rotatable bonds is 8. The monoisotopic (exact) mass is 660 g/mol. The molecule has 49 heavy (non-hydrogen) atoms. The van der Waals surface area contributed by atoms with Gasteiger partial charge < -0.3 is 29.0 Å². The van der Waals surface area contributed by atoms with E-state index in [4.69, 9.17) is 18.9 Å². The van der Waals surface area contributed by atoms with Gasteiger partial charge in [0.2, 0.25) is 0 Å². The SMILES string of the molecule is O=C1c2ccccc2C(=O)N1Cc1ccccc1-c1ccc(C2OC(CN3CCC4(CC3)OCCO4)CC(c3ccc(CO)cc3)O2)cc1. The second-order valence-electron chi connectivity index (χ2n) is 13.3. The fraction of sp³-hybridized carbons (Fsp3) is 0.350. The summed E-state index contributed by atoms with van der Waals surface area (Å²) < 4.78 is 25.2. The molecule has 8 rings (SSSR count). The lowest BCUT2D eigenvalue weighted by molar-refractivity contribution is -0.255.